The lowest BCUT2D eigenvalue weighted by Crippen LogP contribution is -2.43. The zero-order valence-corrected chi connectivity index (χ0v) is 16.8. The van der Waals surface area contributed by atoms with Crippen molar-refractivity contribution in [1.82, 2.24) is 9.21 Å². The van der Waals surface area contributed by atoms with Crippen LogP contribution in [0, 0.1) is 11.8 Å². The zero-order valence-electron chi connectivity index (χ0n) is 13.6. The Bertz CT molecular complexity index is 624. The second-order valence-electron chi connectivity index (χ2n) is 6.91. The minimum atomic E-state index is -3.30. The third kappa shape index (κ3) is 4.37. The van der Waals surface area contributed by atoms with Gasteiger partial charge < -0.3 is 4.90 Å². The molecule has 3 rings (SSSR count). The summed E-state index contributed by atoms with van der Waals surface area (Å²) in [6, 6.07) is 3.51. The van der Waals surface area contributed by atoms with Gasteiger partial charge in [-0.05, 0) is 72.1 Å². The van der Waals surface area contributed by atoms with Gasteiger partial charge >= 0.3 is 0 Å². The molecule has 0 amide bonds. The van der Waals surface area contributed by atoms with Crippen LogP contribution < -0.4 is 0 Å². The van der Waals surface area contributed by atoms with E-state index in [0.29, 0.717) is 23.2 Å². The van der Waals surface area contributed by atoms with Crippen LogP contribution in [0.15, 0.2) is 20.1 Å². The van der Waals surface area contributed by atoms with Crippen LogP contribution in [0.5, 0.6) is 0 Å². The average molecular weight is 421 g/mol. The topological polar surface area (TPSA) is 40.6 Å². The van der Waals surface area contributed by atoms with Crippen LogP contribution in [-0.2, 0) is 10.0 Å². The lowest BCUT2D eigenvalue weighted by atomic mass is 9.94. The Kier molecular flexibility index (Phi) is 5.84. The van der Waals surface area contributed by atoms with Gasteiger partial charge in [-0.15, -0.1) is 11.3 Å². The van der Waals surface area contributed by atoms with Gasteiger partial charge in [0.05, 0.1) is 3.79 Å². The Balaban J connectivity index is 1.54. The SMILES string of the molecule is C[C@@H]1CCCN(CC2CCN(S(=O)(=O)c3ccc(Br)s3)CC2)C1. The highest BCUT2D eigenvalue weighted by Crippen LogP contribution is 2.31. The number of hydrogen-bond acceptors (Lipinski definition) is 4. The predicted octanol–water partition coefficient (Wildman–Crippen LogP) is 3.64. The highest BCUT2D eigenvalue weighted by Gasteiger charge is 2.31. The molecule has 2 saturated heterocycles. The summed E-state index contributed by atoms with van der Waals surface area (Å²) >= 11 is 4.64. The molecule has 0 aromatic carbocycles. The van der Waals surface area contributed by atoms with E-state index >= 15 is 0 Å². The summed E-state index contributed by atoms with van der Waals surface area (Å²) in [5, 5.41) is 0. The summed E-state index contributed by atoms with van der Waals surface area (Å²) in [6.07, 6.45) is 4.62. The number of sulfonamides is 1. The first kappa shape index (κ1) is 17.9. The van der Waals surface area contributed by atoms with Crippen LogP contribution in [0.1, 0.15) is 32.6 Å². The minimum absolute atomic E-state index is 0.452. The molecule has 2 aliphatic rings. The molecule has 0 unspecified atom stereocenters. The summed E-state index contributed by atoms with van der Waals surface area (Å²) in [7, 11) is -3.30. The van der Waals surface area contributed by atoms with Crippen molar-refractivity contribution < 1.29 is 8.42 Å². The van der Waals surface area contributed by atoms with Gasteiger partial charge in [-0.1, -0.05) is 6.92 Å². The number of halogens is 1. The van der Waals surface area contributed by atoms with Crippen molar-refractivity contribution in [3.63, 3.8) is 0 Å². The molecule has 23 heavy (non-hydrogen) atoms. The largest absolute Gasteiger partial charge is 0.303 e. The molecule has 130 valence electrons. The van der Waals surface area contributed by atoms with Crippen molar-refractivity contribution in [2.24, 2.45) is 11.8 Å². The van der Waals surface area contributed by atoms with Crippen LogP contribution in [0.4, 0.5) is 0 Å². The molecule has 7 heteroatoms. The third-order valence-corrected chi connectivity index (χ3v) is 8.96. The monoisotopic (exact) mass is 420 g/mol. The number of hydrogen-bond donors (Lipinski definition) is 0. The fraction of sp³-hybridized carbons (Fsp3) is 0.750. The lowest BCUT2D eigenvalue weighted by Gasteiger charge is -2.37. The fourth-order valence-corrected chi connectivity index (χ4v) is 7.35. The van der Waals surface area contributed by atoms with E-state index in [1.807, 2.05) is 6.07 Å². The summed E-state index contributed by atoms with van der Waals surface area (Å²) in [4.78, 5) is 2.58. The first-order valence-corrected chi connectivity index (χ1v) is 11.5. The maximum Gasteiger partial charge on any atom is 0.252 e. The Labute approximate surface area is 152 Å². The van der Waals surface area contributed by atoms with Gasteiger partial charge in [-0.3, -0.25) is 0 Å². The molecule has 0 aliphatic carbocycles. The maximum absolute atomic E-state index is 12.6. The van der Waals surface area contributed by atoms with Gasteiger partial charge in [0.2, 0.25) is 0 Å². The number of nitrogens with zero attached hydrogens (tertiary/aromatic N) is 2. The number of rotatable bonds is 4. The van der Waals surface area contributed by atoms with E-state index in [-0.39, 0.29) is 0 Å². The molecule has 0 spiro atoms. The van der Waals surface area contributed by atoms with Gasteiger partial charge in [0, 0.05) is 26.2 Å². The molecule has 0 bridgehead atoms. The van der Waals surface area contributed by atoms with E-state index < -0.39 is 10.0 Å². The van der Waals surface area contributed by atoms with Gasteiger partial charge in [0.25, 0.3) is 10.0 Å². The molecule has 4 nitrogen and oxygen atoms in total. The van der Waals surface area contributed by atoms with Crippen molar-refractivity contribution in [3.05, 3.63) is 15.9 Å². The molecule has 0 saturated carbocycles. The Morgan fingerprint density at radius 1 is 1.22 bits per heavy atom. The summed E-state index contributed by atoms with van der Waals surface area (Å²) < 4.78 is 28.3. The van der Waals surface area contributed by atoms with Gasteiger partial charge in [-0.25, -0.2) is 8.42 Å². The molecular weight excluding hydrogens is 396 g/mol. The van der Waals surface area contributed by atoms with Crippen molar-refractivity contribution in [3.8, 4) is 0 Å². The van der Waals surface area contributed by atoms with Crippen LogP contribution in [0.3, 0.4) is 0 Å². The first-order valence-electron chi connectivity index (χ1n) is 8.43. The third-order valence-electron chi connectivity index (χ3n) is 4.97. The summed E-state index contributed by atoms with van der Waals surface area (Å²) in [5.41, 5.74) is 0. The molecule has 2 fully saturated rings. The minimum Gasteiger partial charge on any atom is -0.303 e. The van der Waals surface area contributed by atoms with Crippen LogP contribution in [0.25, 0.3) is 0 Å². The number of piperidine rings is 2. The van der Waals surface area contributed by atoms with Crippen LogP contribution >= 0.6 is 27.3 Å². The molecule has 0 N–H and O–H groups in total. The lowest BCUT2D eigenvalue weighted by molar-refractivity contribution is 0.136. The van der Waals surface area contributed by atoms with Crippen molar-refractivity contribution in [2.75, 3.05) is 32.7 Å². The number of likely N-dealkylation sites (tertiary alicyclic amines) is 1. The molecule has 1 aromatic rings. The van der Waals surface area contributed by atoms with Crippen LogP contribution in [0.2, 0.25) is 0 Å². The van der Waals surface area contributed by atoms with Gasteiger partial charge in [-0.2, -0.15) is 4.31 Å². The van der Waals surface area contributed by atoms with Gasteiger partial charge in [0.1, 0.15) is 4.21 Å². The average Bonchev–Trinajstić information content (AvgIpc) is 2.95. The van der Waals surface area contributed by atoms with E-state index in [1.165, 1.54) is 37.3 Å². The van der Waals surface area contributed by atoms with Crippen molar-refractivity contribution in [1.29, 1.82) is 0 Å². The standard InChI is InChI=1S/C16H25BrN2O2S2/c1-13-3-2-8-18(11-13)12-14-6-9-19(10-7-14)23(20,21)16-5-4-15(17)22-16/h4-5,13-14H,2-3,6-12H2,1H3/t13-/m1/s1. The quantitative estimate of drug-likeness (QED) is 0.745. The van der Waals surface area contributed by atoms with Gasteiger partial charge in [0.15, 0.2) is 0 Å². The first-order chi connectivity index (χ1) is 10.9. The normalized spacial score (nSPS) is 25.7. The van der Waals surface area contributed by atoms with E-state index in [2.05, 4.69) is 27.8 Å². The Morgan fingerprint density at radius 3 is 2.57 bits per heavy atom. The summed E-state index contributed by atoms with van der Waals surface area (Å²) in [6.45, 7) is 7.22. The van der Waals surface area contributed by atoms with Crippen molar-refractivity contribution >= 4 is 37.3 Å². The van der Waals surface area contributed by atoms with E-state index in [9.17, 15) is 8.42 Å². The van der Waals surface area contributed by atoms with Crippen molar-refractivity contribution in [2.45, 2.75) is 36.8 Å². The smallest absolute Gasteiger partial charge is 0.252 e. The molecule has 1 atom stereocenters. The Hall–Kier alpha value is 0.0500. The summed E-state index contributed by atoms with van der Waals surface area (Å²) in [5.74, 6) is 1.45. The molecular formula is C16H25BrN2O2S2. The molecule has 3 heterocycles. The van der Waals surface area contributed by atoms with E-state index in [1.54, 1.807) is 10.4 Å². The number of thiophene rings is 1. The predicted molar refractivity (Wildman–Crippen MR) is 98.3 cm³/mol. The molecule has 2 aliphatic heterocycles. The van der Waals surface area contributed by atoms with E-state index in [4.69, 9.17) is 0 Å². The highest BCUT2D eigenvalue weighted by molar-refractivity contribution is 9.11. The Morgan fingerprint density at radius 2 is 1.96 bits per heavy atom. The zero-order chi connectivity index (χ0) is 16.4. The highest BCUT2D eigenvalue weighted by atomic mass is 79.9. The second-order valence-corrected chi connectivity index (χ2v) is 11.5. The molecule has 0 radical (unpaired) electrons. The maximum atomic E-state index is 12.6. The van der Waals surface area contributed by atoms with E-state index in [0.717, 1.165) is 29.1 Å². The second kappa shape index (κ2) is 7.52. The molecule has 1 aromatic heterocycles. The fourth-order valence-electron chi connectivity index (χ4n) is 3.71. The van der Waals surface area contributed by atoms with Crippen LogP contribution in [-0.4, -0.2) is 50.3 Å².